The van der Waals surface area contributed by atoms with Gasteiger partial charge in [-0.25, -0.2) is 0 Å². The van der Waals surface area contributed by atoms with Crippen molar-refractivity contribution < 1.29 is 14.5 Å². The highest BCUT2D eigenvalue weighted by Crippen LogP contribution is 1.98. The van der Waals surface area contributed by atoms with Crippen LogP contribution in [-0.4, -0.2) is 24.8 Å². The zero-order chi connectivity index (χ0) is 13.1. The van der Waals surface area contributed by atoms with E-state index < -0.39 is 0 Å². The molecule has 0 amide bonds. The van der Waals surface area contributed by atoms with Gasteiger partial charge >= 0.3 is 0 Å². The summed E-state index contributed by atoms with van der Waals surface area (Å²) in [5, 5.41) is 7.57. The molecule has 17 heavy (non-hydrogen) atoms. The molecule has 100 valence electrons. The Kier molecular flexibility index (Phi) is 9.14. The Hall–Kier alpha value is -1.30. The largest absolute Gasteiger partial charge is 0.393 e. The Bertz CT molecular complexity index is 240. The maximum absolute atomic E-state index is 5.06. The second kappa shape index (κ2) is 9.89. The summed E-state index contributed by atoms with van der Waals surface area (Å²) in [7, 11) is 0. The van der Waals surface area contributed by atoms with E-state index in [2.05, 4.69) is 15.1 Å². The lowest BCUT2D eigenvalue weighted by molar-refractivity contribution is 0.0864. The summed E-state index contributed by atoms with van der Waals surface area (Å²) in [5.74, 6) is 5.54. The Labute approximate surface area is 103 Å². The van der Waals surface area contributed by atoms with Gasteiger partial charge in [-0.2, -0.15) is 5.90 Å². The first-order valence-corrected chi connectivity index (χ1v) is 5.82. The highest BCUT2D eigenvalue weighted by Gasteiger charge is 2.05. The highest BCUT2D eigenvalue weighted by molar-refractivity contribution is 5.77. The van der Waals surface area contributed by atoms with Gasteiger partial charge in [-0.05, 0) is 31.8 Å². The van der Waals surface area contributed by atoms with Gasteiger partial charge in [-0.1, -0.05) is 19.0 Å². The minimum atomic E-state index is 0.112. The predicted octanol–water partition coefficient (Wildman–Crippen LogP) is 2.05. The van der Waals surface area contributed by atoms with E-state index in [0.717, 1.165) is 12.8 Å². The van der Waals surface area contributed by atoms with Gasteiger partial charge in [0.2, 0.25) is 0 Å². The normalized spacial score (nSPS) is 12.5. The van der Waals surface area contributed by atoms with Crippen molar-refractivity contribution in [3.8, 4) is 0 Å². The molecular formula is C11H23N3O3. The molecule has 0 fully saturated rings. The quantitative estimate of drug-likeness (QED) is 0.307. The molecule has 0 aliphatic carbocycles. The molecule has 0 aromatic rings. The van der Waals surface area contributed by atoms with Crippen molar-refractivity contribution >= 4 is 12.1 Å². The zero-order valence-corrected chi connectivity index (χ0v) is 11.0. The van der Waals surface area contributed by atoms with Crippen LogP contribution >= 0.6 is 0 Å². The van der Waals surface area contributed by atoms with Gasteiger partial charge in [-0.15, -0.1) is 0 Å². The molecule has 0 saturated heterocycles. The van der Waals surface area contributed by atoms with Crippen molar-refractivity contribution in [1.29, 1.82) is 0 Å². The monoisotopic (exact) mass is 245 g/mol. The van der Waals surface area contributed by atoms with Crippen molar-refractivity contribution in [2.75, 3.05) is 6.61 Å². The van der Waals surface area contributed by atoms with Crippen LogP contribution in [0.25, 0.3) is 0 Å². The lowest BCUT2D eigenvalue weighted by atomic mass is 10.2. The predicted molar refractivity (Wildman–Crippen MR) is 67.4 cm³/mol. The first-order valence-electron chi connectivity index (χ1n) is 5.82. The summed E-state index contributed by atoms with van der Waals surface area (Å²) in [6, 6.07) is 0. The molecule has 2 N–H and O–H groups in total. The number of hydrogen-bond donors (Lipinski definition) is 1. The van der Waals surface area contributed by atoms with E-state index in [9.17, 15) is 0 Å². The topological polar surface area (TPSA) is 78.4 Å². The minimum absolute atomic E-state index is 0.112. The standard InChI is InChI=1S/C11H23N3O3/c1-9(2)11(16-12)14-15-8-6-5-7-13-17-10(3)4/h7,9-10H,5-6,8,12H2,1-4H3. The molecule has 0 radical (unpaired) electrons. The first kappa shape index (κ1) is 15.7. The van der Waals surface area contributed by atoms with Gasteiger partial charge in [0.15, 0.2) is 0 Å². The third-order valence-electron chi connectivity index (χ3n) is 1.68. The van der Waals surface area contributed by atoms with Crippen LogP contribution in [0.4, 0.5) is 0 Å². The Balaban J connectivity index is 3.55. The Morgan fingerprint density at radius 2 is 2.00 bits per heavy atom. The van der Waals surface area contributed by atoms with E-state index >= 15 is 0 Å². The summed E-state index contributed by atoms with van der Waals surface area (Å²) in [4.78, 5) is 14.6. The molecule has 6 nitrogen and oxygen atoms in total. The maximum Gasteiger partial charge on any atom is 0.252 e. The summed E-state index contributed by atoms with van der Waals surface area (Å²) >= 11 is 0. The van der Waals surface area contributed by atoms with Gasteiger partial charge in [-0.3, -0.25) is 0 Å². The SMILES string of the molecule is CC(C)ON=CCCCON=C(ON)C(C)C. The summed E-state index contributed by atoms with van der Waals surface area (Å²) < 4.78 is 0. The van der Waals surface area contributed by atoms with E-state index in [-0.39, 0.29) is 12.0 Å². The average Bonchev–Trinajstić information content (AvgIpc) is 2.26. The third kappa shape index (κ3) is 9.62. The maximum atomic E-state index is 5.06. The Morgan fingerprint density at radius 3 is 2.53 bits per heavy atom. The van der Waals surface area contributed by atoms with Gasteiger partial charge in [0.25, 0.3) is 5.90 Å². The number of unbranched alkanes of at least 4 members (excludes halogenated alkanes) is 1. The number of hydrogen-bond acceptors (Lipinski definition) is 6. The van der Waals surface area contributed by atoms with Crippen molar-refractivity contribution in [3.63, 3.8) is 0 Å². The molecule has 0 aromatic carbocycles. The van der Waals surface area contributed by atoms with Crippen molar-refractivity contribution in [3.05, 3.63) is 0 Å². The lowest BCUT2D eigenvalue weighted by Gasteiger charge is -2.06. The fourth-order valence-electron chi connectivity index (χ4n) is 0.829. The van der Waals surface area contributed by atoms with E-state index in [4.69, 9.17) is 15.6 Å². The fourth-order valence-corrected chi connectivity index (χ4v) is 0.829. The molecule has 0 heterocycles. The van der Waals surface area contributed by atoms with E-state index in [1.807, 2.05) is 27.7 Å². The summed E-state index contributed by atoms with van der Waals surface area (Å²) in [6.07, 6.45) is 3.42. The van der Waals surface area contributed by atoms with Crippen molar-refractivity contribution in [2.45, 2.75) is 46.6 Å². The molecule has 0 unspecified atom stereocenters. The third-order valence-corrected chi connectivity index (χ3v) is 1.68. The molecule has 0 rings (SSSR count). The fraction of sp³-hybridized carbons (Fsp3) is 0.818. The van der Waals surface area contributed by atoms with E-state index in [1.54, 1.807) is 6.21 Å². The van der Waals surface area contributed by atoms with Gasteiger partial charge in [0.1, 0.15) is 12.7 Å². The van der Waals surface area contributed by atoms with Crippen LogP contribution in [0.3, 0.4) is 0 Å². The van der Waals surface area contributed by atoms with Crippen molar-refractivity contribution in [2.24, 2.45) is 22.1 Å². The van der Waals surface area contributed by atoms with Gasteiger partial charge in [0, 0.05) is 12.1 Å². The van der Waals surface area contributed by atoms with Crippen LogP contribution in [0.5, 0.6) is 0 Å². The van der Waals surface area contributed by atoms with Gasteiger partial charge in [0.05, 0.1) is 0 Å². The van der Waals surface area contributed by atoms with Crippen LogP contribution in [0, 0.1) is 5.92 Å². The molecule has 0 saturated carbocycles. The molecule has 0 aliphatic rings. The molecule has 0 aliphatic heterocycles. The highest BCUT2D eigenvalue weighted by atomic mass is 16.7. The molecule has 0 atom stereocenters. The van der Waals surface area contributed by atoms with Crippen molar-refractivity contribution in [1.82, 2.24) is 0 Å². The van der Waals surface area contributed by atoms with Crippen LogP contribution in [-0.2, 0) is 14.5 Å². The lowest BCUT2D eigenvalue weighted by Crippen LogP contribution is -2.17. The molecule has 0 bridgehead atoms. The molecule has 0 spiro atoms. The summed E-state index contributed by atoms with van der Waals surface area (Å²) in [5.41, 5.74) is 0. The summed E-state index contributed by atoms with van der Waals surface area (Å²) in [6.45, 7) is 8.19. The zero-order valence-electron chi connectivity index (χ0n) is 11.0. The second-order valence-corrected chi connectivity index (χ2v) is 4.12. The molecular weight excluding hydrogens is 222 g/mol. The first-order chi connectivity index (χ1) is 8.07. The number of oxime groups is 2. The van der Waals surface area contributed by atoms with Crippen LogP contribution in [0.15, 0.2) is 10.3 Å². The second-order valence-electron chi connectivity index (χ2n) is 4.12. The number of nitrogens with two attached hydrogens (primary N) is 1. The Morgan fingerprint density at radius 1 is 1.29 bits per heavy atom. The smallest absolute Gasteiger partial charge is 0.252 e. The van der Waals surface area contributed by atoms with Crippen LogP contribution < -0.4 is 5.90 Å². The van der Waals surface area contributed by atoms with Gasteiger partial charge < -0.3 is 14.5 Å². The average molecular weight is 245 g/mol. The van der Waals surface area contributed by atoms with E-state index in [1.165, 1.54) is 0 Å². The van der Waals surface area contributed by atoms with E-state index in [0.29, 0.717) is 12.5 Å². The van der Waals surface area contributed by atoms with Crippen LogP contribution in [0.1, 0.15) is 40.5 Å². The van der Waals surface area contributed by atoms with Crippen LogP contribution in [0.2, 0.25) is 0 Å². The number of rotatable bonds is 8. The molecule has 6 heteroatoms. The minimum Gasteiger partial charge on any atom is -0.393 e. The molecule has 0 aromatic heterocycles. The number of nitrogens with zero attached hydrogens (tertiary/aromatic N) is 2.